The highest BCUT2D eigenvalue weighted by Gasteiger charge is 2.44. The van der Waals surface area contributed by atoms with E-state index >= 15 is 0 Å². The molecule has 0 aromatic rings. The van der Waals surface area contributed by atoms with Gasteiger partial charge in [0.25, 0.3) is 0 Å². The van der Waals surface area contributed by atoms with E-state index in [1.165, 1.54) is 6.42 Å². The second-order valence-corrected chi connectivity index (χ2v) is 5.32. The van der Waals surface area contributed by atoms with Gasteiger partial charge in [-0.05, 0) is 32.2 Å². The van der Waals surface area contributed by atoms with Crippen LogP contribution in [0.1, 0.15) is 32.1 Å². The predicted octanol–water partition coefficient (Wildman–Crippen LogP) is 1.54. The topological polar surface area (TPSA) is 47.3 Å². The number of amides is 1. The maximum absolute atomic E-state index is 11.9. The Morgan fingerprint density at radius 3 is 2.78 bits per heavy atom. The van der Waals surface area contributed by atoms with Crippen molar-refractivity contribution in [3.63, 3.8) is 0 Å². The third-order valence-electron chi connectivity index (χ3n) is 4.23. The van der Waals surface area contributed by atoms with E-state index in [1.807, 2.05) is 17.0 Å². The molecule has 4 heteroatoms. The van der Waals surface area contributed by atoms with Crippen molar-refractivity contribution in [1.82, 2.24) is 9.80 Å². The molecular weight excluding hydrogens is 226 g/mol. The predicted molar refractivity (Wildman–Crippen MR) is 69.8 cm³/mol. The van der Waals surface area contributed by atoms with E-state index in [0.717, 1.165) is 45.4 Å². The largest absolute Gasteiger partial charge is 0.340 e. The van der Waals surface area contributed by atoms with Gasteiger partial charge < -0.3 is 4.90 Å². The van der Waals surface area contributed by atoms with E-state index in [0.29, 0.717) is 0 Å². The highest BCUT2D eigenvalue weighted by molar-refractivity contribution is 5.78. The molecule has 2 heterocycles. The van der Waals surface area contributed by atoms with E-state index in [1.54, 1.807) is 0 Å². The second-order valence-electron chi connectivity index (χ2n) is 5.32. The summed E-state index contributed by atoms with van der Waals surface area (Å²) in [4.78, 5) is 16.2. The lowest BCUT2D eigenvalue weighted by Crippen LogP contribution is -2.56. The molecule has 1 atom stereocenters. The van der Waals surface area contributed by atoms with Gasteiger partial charge in [-0.3, -0.25) is 9.69 Å². The molecule has 1 amide bonds. The van der Waals surface area contributed by atoms with Crippen molar-refractivity contribution in [2.75, 3.05) is 26.2 Å². The van der Waals surface area contributed by atoms with Crippen LogP contribution in [0.3, 0.4) is 0 Å². The van der Waals surface area contributed by atoms with Crippen LogP contribution in [0.5, 0.6) is 0 Å². The summed E-state index contributed by atoms with van der Waals surface area (Å²) in [5.41, 5.74) is 0.150. The fourth-order valence-electron chi connectivity index (χ4n) is 3.40. The Kier molecular flexibility index (Phi) is 4.03. The average Bonchev–Trinajstić information content (AvgIpc) is 2.73. The molecule has 0 N–H and O–H groups in total. The SMILES string of the molecule is C=CCN1CCCC12CCCN(C(=O)CC#N)C2. The van der Waals surface area contributed by atoms with Crippen LogP contribution in [0.2, 0.25) is 0 Å². The maximum atomic E-state index is 11.9. The van der Waals surface area contributed by atoms with Crippen molar-refractivity contribution in [3.8, 4) is 6.07 Å². The Bertz CT molecular complexity index is 374. The number of likely N-dealkylation sites (tertiary alicyclic amines) is 2. The molecule has 1 spiro atoms. The normalized spacial score (nSPS) is 28.3. The van der Waals surface area contributed by atoms with Crippen LogP contribution in [0.25, 0.3) is 0 Å². The molecule has 18 heavy (non-hydrogen) atoms. The molecule has 0 aromatic heterocycles. The Morgan fingerprint density at radius 1 is 1.39 bits per heavy atom. The zero-order valence-corrected chi connectivity index (χ0v) is 10.9. The van der Waals surface area contributed by atoms with Crippen LogP contribution in [0.4, 0.5) is 0 Å². The van der Waals surface area contributed by atoms with E-state index in [4.69, 9.17) is 5.26 Å². The monoisotopic (exact) mass is 247 g/mol. The van der Waals surface area contributed by atoms with Gasteiger partial charge in [0, 0.05) is 25.2 Å². The van der Waals surface area contributed by atoms with Gasteiger partial charge >= 0.3 is 0 Å². The zero-order valence-electron chi connectivity index (χ0n) is 10.9. The molecular formula is C14H21N3O. The van der Waals surface area contributed by atoms with Crippen LogP contribution in [-0.2, 0) is 4.79 Å². The maximum Gasteiger partial charge on any atom is 0.236 e. The van der Waals surface area contributed by atoms with Crippen LogP contribution >= 0.6 is 0 Å². The highest BCUT2D eigenvalue weighted by Crippen LogP contribution is 2.37. The summed E-state index contributed by atoms with van der Waals surface area (Å²) in [5, 5.41) is 8.64. The first-order chi connectivity index (χ1) is 8.72. The molecule has 0 saturated carbocycles. The van der Waals surface area contributed by atoms with Crippen LogP contribution < -0.4 is 0 Å². The first kappa shape index (κ1) is 13.1. The first-order valence-corrected chi connectivity index (χ1v) is 6.72. The molecule has 4 nitrogen and oxygen atoms in total. The van der Waals surface area contributed by atoms with Crippen molar-refractivity contribution in [3.05, 3.63) is 12.7 Å². The molecule has 2 saturated heterocycles. The summed E-state index contributed by atoms with van der Waals surface area (Å²) < 4.78 is 0. The molecule has 1 unspecified atom stereocenters. The van der Waals surface area contributed by atoms with Crippen LogP contribution in [0, 0.1) is 11.3 Å². The smallest absolute Gasteiger partial charge is 0.236 e. The summed E-state index contributed by atoms with van der Waals surface area (Å²) in [6.07, 6.45) is 6.54. The minimum absolute atomic E-state index is 0.0114. The van der Waals surface area contributed by atoms with Gasteiger partial charge in [0.15, 0.2) is 0 Å². The van der Waals surface area contributed by atoms with Crippen molar-refractivity contribution >= 4 is 5.91 Å². The molecule has 0 aliphatic carbocycles. The van der Waals surface area contributed by atoms with Gasteiger partial charge in [0.05, 0.1) is 6.07 Å². The minimum Gasteiger partial charge on any atom is -0.340 e. The molecule has 0 bridgehead atoms. The van der Waals surface area contributed by atoms with Gasteiger partial charge in [0.2, 0.25) is 5.91 Å². The fraction of sp³-hybridized carbons (Fsp3) is 0.714. The Morgan fingerprint density at radius 2 is 2.11 bits per heavy atom. The summed E-state index contributed by atoms with van der Waals surface area (Å²) in [5.74, 6) is -0.0120. The van der Waals surface area contributed by atoms with Crippen molar-refractivity contribution in [1.29, 1.82) is 5.26 Å². The summed E-state index contributed by atoms with van der Waals surface area (Å²) in [7, 11) is 0. The number of carbonyl (C=O) groups excluding carboxylic acids is 1. The number of nitriles is 1. The van der Waals surface area contributed by atoms with E-state index in [9.17, 15) is 4.79 Å². The summed E-state index contributed by atoms with van der Waals surface area (Å²) in [6.45, 7) is 7.43. The summed E-state index contributed by atoms with van der Waals surface area (Å²) in [6, 6.07) is 1.96. The van der Waals surface area contributed by atoms with E-state index in [-0.39, 0.29) is 17.9 Å². The molecule has 2 aliphatic heterocycles. The molecule has 0 radical (unpaired) electrons. The number of nitrogens with zero attached hydrogens (tertiary/aromatic N) is 3. The van der Waals surface area contributed by atoms with Gasteiger partial charge in [-0.15, -0.1) is 6.58 Å². The lowest BCUT2D eigenvalue weighted by molar-refractivity contribution is -0.133. The van der Waals surface area contributed by atoms with E-state index < -0.39 is 0 Å². The van der Waals surface area contributed by atoms with Gasteiger partial charge in [-0.2, -0.15) is 5.26 Å². The average molecular weight is 247 g/mol. The molecule has 2 aliphatic rings. The Balaban J connectivity index is 2.07. The Labute approximate surface area is 109 Å². The fourth-order valence-corrected chi connectivity index (χ4v) is 3.40. The van der Waals surface area contributed by atoms with Gasteiger partial charge in [0.1, 0.15) is 6.42 Å². The lowest BCUT2D eigenvalue weighted by Gasteiger charge is -2.45. The third kappa shape index (κ3) is 2.41. The van der Waals surface area contributed by atoms with Gasteiger partial charge in [-0.1, -0.05) is 6.08 Å². The number of hydrogen-bond acceptors (Lipinski definition) is 3. The van der Waals surface area contributed by atoms with E-state index in [2.05, 4.69) is 11.5 Å². The molecule has 0 aromatic carbocycles. The van der Waals surface area contributed by atoms with Crippen LogP contribution in [-0.4, -0.2) is 47.4 Å². The molecule has 98 valence electrons. The number of hydrogen-bond donors (Lipinski definition) is 0. The number of carbonyl (C=O) groups is 1. The minimum atomic E-state index is -0.0120. The lowest BCUT2D eigenvalue weighted by atomic mass is 9.86. The van der Waals surface area contributed by atoms with Gasteiger partial charge in [-0.25, -0.2) is 0 Å². The molecule has 2 rings (SSSR count). The Hall–Kier alpha value is -1.34. The zero-order chi connectivity index (χ0) is 13.0. The quantitative estimate of drug-likeness (QED) is 0.711. The third-order valence-corrected chi connectivity index (χ3v) is 4.23. The van der Waals surface area contributed by atoms with Crippen molar-refractivity contribution in [2.24, 2.45) is 0 Å². The number of piperidine rings is 1. The second kappa shape index (κ2) is 5.53. The standard InChI is InChI=1S/C14H21N3O/c1-2-9-17-11-4-7-14(17)6-3-10-16(12-14)13(18)5-8-15/h2H,1,3-7,9-12H2. The first-order valence-electron chi connectivity index (χ1n) is 6.72. The van der Waals surface area contributed by atoms with Crippen molar-refractivity contribution in [2.45, 2.75) is 37.6 Å². The highest BCUT2D eigenvalue weighted by atomic mass is 16.2. The van der Waals surface area contributed by atoms with Crippen molar-refractivity contribution < 1.29 is 4.79 Å². The summed E-state index contributed by atoms with van der Waals surface area (Å²) >= 11 is 0. The molecule has 2 fully saturated rings. The number of rotatable bonds is 3. The van der Waals surface area contributed by atoms with Crippen LogP contribution in [0.15, 0.2) is 12.7 Å².